The molecule has 0 aromatic heterocycles. The van der Waals surface area contributed by atoms with E-state index in [1.807, 2.05) is 45.0 Å². The van der Waals surface area contributed by atoms with Crippen LogP contribution in [0.4, 0.5) is 0 Å². The standard InChI is InChI=1S/C21H20O4/c1-21(2,3)25-19(22)14-17-8-6-15(7-9-17)4-5-16-10-12-18(13-11-16)20(23)24/h6-13H,14H2,1-3H3,(H,23,24). The lowest BCUT2D eigenvalue weighted by Crippen LogP contribution is -2.24. The molecule has 0 radical (unpaired) electrons. The van der Waals surface area contributed by atoms with Crippen molar-refractivity contribution in [2.24, 2.45) is 0 Å². The second kappa shape index (κ2) is 7.67. The lowest BCUT2D eigenvalue weighted by Gasteiger charge is -2.19. The Morgan fingerprint density at radius 1 is 0.920 bits per heavy atom. The van der Waals surface area contributed by atoms with Gasteiger partial charge >= 0.3 is 11.9 Å². The molecule has 2 aromatic carbocycles. The first-order chi connectivity index (χ1) is 11.7. The number of esters is 1. The Kier molecular flexibility index (Phi) is 5.61. The van der Waals surface area contributed by atoms with Crippen LogP contribution in [0.1, 0.15) is 47.8 Å². The number of benzene rings is 2. The van der Waals surface area contributed by atoms with Crippen molar-refractivity contribution in [3.05, 3.63) is 70.8 Å². The first-order valence-corrected chi connectivity index (χ1v) is 7.89. The molecule has 4 heteroatoms. The van der Waals surface area contributed by atoms with Gasteiger partial charge in [0.05, 0.1) is 12.0 Å². The van der Waals surface area contributed by atoms with Gasteiger partial charge in [0.25, 0.3) is 0 Å². The Labute approximate surface area is 147 Å². The normalized spacial score (nSPS) is 10.5. The minimum absolute atomic E-state index is 0.224. The van der Waals surface area contributed by atoms with Crippen LogP contribution in [0.15, 0.2) is 48.5 Å². The molecule has 0 saturated carbocycles. The molecule has 25 heavy (non-hydrogen) atoms. The van der Waals surface area contributed by atoms with Gasteiger partial charge in [-0.2, -0.15) is 0 Å². The van der Waals surface area contributed by atoms with Gasteiger partial charge in [-0.15, -0.1) is 0 Å². The second-order valence-corrected chi connectivity index (χ2v) is 6.59. The summed E-state index contributed by atoms with van der Waals surface area (Å²) in [6.07, 6.45) is 0.224. The molecule has 0 bridgehead atoms. The third kappa shape index (κ3) is 6.15. The summed E-state index contributed by atoms with van der Waals surface area (Å²) < 4.78 is 5.29. The van der Waals surface area contributed by atoms with Crippen LogP contribution in [0.5, 0.6) is 0 Å². The topological polar surface area (TPSA) is 63.6 Å². The monoisotopic (exact) mass is 336 g/mol. The SMILES string of the molecule is CC(C)(C)OC(=O)Cc1ccc(C#Cc2ccc(C(=O)O)cc2)cc1. The zero-order valence-electron chi connectivity index (χ0n) is 14.5. The highest BCUT2D eigenvalue weighted by atomic mass is 16.6. The second-order valence-electron chi connectivity index (χ2n) is 6.59. The van der Waals surface area contributed by atoms with Gasteiger partial charge in [-0.05, 0) is 62.7 Å². The van der Waals surface area contributed by atoms with E-state index in [1.165, 1.54) is 12.1 Å². The molecule has 4 nitrogen and oxygen atoms in total. The minimum atomic E-state index is -0.958. The van der Waals surface area contributed by atoms with E-state index in [4.69, 9.17) is 9.84 Å². The largest absolute Gasteiger partial charge is 0.478 e. The van der Waals surface area contributed by atoms with Crippen molar-refractivity contribution in [1.29, 1.82) is 0 Å². The highest BCUT2D eigenvalue weighted by molar-refractivity contribution is 5.87. The molecular formula is C21H20O4. The first-order valence-electron chi connectivity index (χ1n) is 7.89. The fourth-order valence-electron chi connectivity index (χ4n) is 2.09. The number of hydrogen-bond acceptors (Lipinski definition) is 3. The molecule has 0 unspecified atom stereocenters. The highest BCUT2D eigenvalue weighted by Gasteiger charge is 2.16. The maximum absolute atomic E-state index is 11.8. The lowest BCUT2D eigenvalue weighted by molar-refractivity contribution is -0.153. The van der Waals surface area contributed by atoms with E-state index < -0.39 is 11.6 Å². The van der Waals surface area contributed by atoms with Crippen molar-refractivity contribution < 1.29 is 19.4 Å². The molecule has 0 spiro atoms. The molecule has 1 N–H and O–H groups in total. The van der Waals surface area contributed by atoms with Crippen LogP contribution in [0.25, 0.3) is 0 Å². The van der Waals surface area contributed by atoms with Gasteiger partial charge in [-0.25, -0.2) is 4.79 Å². The van der Waals surface area contributed by atoms with Gasteiger partial charge in [0.1, 0.15) is 5.60 Å². The predicted molar refractivity (Wildman–Crippen MR) is 95.4 cm³/mol. The fraction of sp³-hybridized carbons (Fsp3) is 0.238. The van der Waals surface area contributed by atoms with Crippen LogP contribution in [0.3, 0.4) is 0 Å². The van der Waals surface area contributed by atoms with Gasteiger partial charge in [0, 0.05) is 11.1 Å². The predicted octanol–water partition coefficient (Wildman–Crippen LogP) is 3.67. The smallest absolute Gasteiger partial charge is 0.335 e. The van der Waals surface area contributed by atoms with Gasteiger partial charge in [-0.1, -0.05) is 24.0 Å². The molecule has 0 atom stereocenters. The molecule has 0 aliphatic heterocycles. The van der Waals surface area contributed by atoms with Crippen molar-refractivity contribution in [2.75, 3.05) is 0 Å². The Morgan fingerprint density at radius 3 is 1.84 bits per heavy atom. The summed E-state index contributed by atoms with van der Waals surface area (Å²) >= 11 is 0. The van der Waals surface area contributed by atoms with Crippen LogP contribution in [-0.2, 0) is 16.0 Å². The van der Waals surface area contributed by atoms with Crippen molar-refractivity contribution in [3.63, 3.8) is 0 Å². The van der Waals surface area contributed by atoms with Gasteiger partial charge in [-0.3, -0.25) is 4.79 Å². The Bertz CT molecular complexity index is 813. The number of carbonyl (C=O) groups is 2. The zero-order valence-corrected chi connectivity index (χ0v) is 14.5. The average Bonchev–Trinajstić information content (AvgIpc) is 2.53. The zero-order chi connectivity index (χ0) is 18.4. The Morgan fingerprint density at radius 2 is 1.40 bits per heavy atom. The Balaban J connectivity index is 2.01. The van der Waals surface area contributed by atoms with Crippen LogP contribution in [-0.4, -0.2) is 22.6 Å². The molecule has 0 saturated heterocycles. The molecular weight excluding hydrogens is 316 g/mol. The van der Waals surface area contributed by atoms with E-state index in [9.17, 15) is 9.59 Å². The van der Waals surface area contributed by atoms with E-state index in [1.54, 1.807) is 12.1 Å². The number of aromatic carboxylic acids is 1. The molecule has 128 valence electrons. The molecule has 0 aliphatic carbocycles. The van der Waals surface area contributed by atoms with Gasteiger partial charge < -0.3 is 9.84 Å². The van der Waals surface area contributed by atoms with Crippen molar-refractivity contribution in [2.45, 2.75) is 32.8 Å². The van der Waals surface area contributed by atoms with Gasteiger partial charge in [0.15, 0.2) is 0 Å². The summed E-state index contributed by atoms with van der Waals surface area (Å²) in [6, 6.07) is 13.8. The summed E-state index contributed by atoms with van der Waals surface area (Å²) in [6.45, 7) is 5.52. The number of carbonyl (C=O) groups excluding carboxylic acids is 1. The molecule has 0 aliphatic rings. The van der Waals surface area contributed by atoms with Crippen molar-refractivity contribution >= 4 is 11.9 Å². The molecule has 2 rings (SSSR count). The molecule has 0 heterocycles. The quantitative estimate of drug-likeness (QED) is 0.686. The van der Waals surface area contributed by atoms with Crippen molar-refractivity contribution in [3.8, 4) is 11.8 Å². The minimum Gasteiger partial charge on any atom is -0.478 e. The summed E-state index contributed by atoms with van der Waals surface area (Å²) in [5, 5.41) is 8.87. The number of carboxylic acid groups (broad SMARTS) is 1. The lowest BCUT2D eigenvalue weighted by atomic mass is 10.1. The number of ether oxygens (including phenoxy) is 1. The third-order valence-electron chi connectivity index (χ3n) is 3.21. The summed E-state index contributed by atoms with van der Waals surface area (Å²) in [5.74, 6) is 4.78. The first kappa shape index (κ1) is 18.3. The number of rotatable bonds is 3. The summed E-state index contributed by atoms with van der Waals surface area (Å²) in [5.41, 5.74) is 2.17. The maximum atomic E-state index is 11.8. The third-order valence-corrected chi connectivity index (χ3v) is 3.21. The fourth-order valence-corrected chi connectivity index (χ4v) is 2.09. The van der Waals surface area contributed by atoms with Crippen LogP contribution in [0.2, 0.25) is 0 Å². The van der Waals surface area contributed by atoms with E-state index in [-0.39, 0.29) is 18.0 Å². The van der Waals surface area contributed by atoms with Gasteiger partial charge in [0.2, 0.25) is 0 Å². The highest BCUT2D eigenvalue weighted by Crippen LogP contribution is 2.11. The summed E-state index contributed by atoms with van der Waals surface area (Å²) in [4.78, 5) is 22.6. The average molecular weight is 336 g/mol. The van der Waals surface area contributed by atoms with E-state index in [2.05, 4.69) is 11.8 Å². The summed E-state index contributed by atoms with van der Waals surface area (Å²) in [7, 11) is 0. The molecule has 0 fully saturated rings. The molecule has 2 aromatic rings. The Hall–Kier alpha value is -3.06. The maximum Gasteiger partial charge on any atom is 0.335 e. The van der Waals surface area contributed by atoms with E-state index in [0.717, 1.165) is 16.7 Å². The van der Waals surface area contributed by atoms with E-state index >= 15 is 0 Å². The van der Waals surface area contributed by atoms with Crippen LogP contribution >= 0.6 is 0 Å². The number of hydrogen-bond donors (Lipinski definition) is 1. The molecule has 0 amide bonds. The van der Waals surface area contributed by atoms with Crippen LogP contribution < -0.4 is 0 Å². The van der Waals surface area contributed by atoms with Crippen LogP contribution in [0, 0.1) is 11.8 Å². The number of carboxylic acids is 1. The van der Waals surface area contributed by atoms with E-state index in [0.29, 0.717) is 0 Å². The van der Waals surface area contributed by atoms with Crippen molar-refractivity contribution in [1.82, 2.24) is 0 Å².